The van der Waals surface area contributed by atoms with Crippen LogP contribution in [0.3, 0.4) is 0 Å². The Bertz CT molecular complexity index is 788. The average Bonchev–Trinajstić information content (AvgIpc) is 2.88. The van der Waals surface area contributed by atoms with Crippen LogP contribution in [-0.4, -0.2) is 21.0 Å². The Hall–Kier alpha value is -2.62. The quantitative estimate of drug-likeness (QED) is 0.770. The maximum absolute atomic E-state index is 11.0. The highest BCUT2D eigenvalue weighted by molar-refractivity contribution is 5.92. The van der Waals surface area contributed by atoms with Crippen LogP contribution >= 0.6 is 0 Å². The zero-order valence-corrected chi connectivity index (χ0v) is 11.8. The largest absolute Gasteiger partial charge is 0.478 e. The predicted octanol–water partition coefficient (Wildman–Crippen LogP) is 3.35. The van der Waals surface area contributed by atoms with Gasteiger partial charge in [0.15, 0.2) is 0 Å². The summed E-state index contributed by atoms with van der Waals surface area (Å²) in [6, 6.07) is 13.4. The molecule has 21 heavy (non-hydrogen) atoms. The summed E-state index contributed by atoms with van der Waals surface area (Å²) in [5.41, 5.74) is 4.37. The van der Waals surface area contributed by atoms with Gasteiger partial charge in [0.05, 0.1) is 16.6 Å². The fourth-order valence-corrected chi connectivity index (χ4v) is 2.33. The Labute approximate surface area is 122 Å². The molecule has 0 aliphatic carbocycles. The Balaban J connectivity index is 1.78. The maximum atomic E-state index is 11.0. The molecule has 0 radical (unpaired) electrons. The third kappa shape index (κ3) is 2.94. The van der Waals surface area contributed by atoms with Gasteiger partial charge in [-0.1, -0.05) is 29.8 Å². The van der Waals surface area contributed by atoms with E-state index in [2.05, 4.69) is 41.2 Å². The van der Waals surface area contributed by atoms with Crippen molar-refractivity contribution < 1.29 is 9.90 Å². The van der Waals surface area contributed by atoms with Gasteiger partial charge in [0.2, 0.25) is 0 Å². The first kappa shape index (κ1) is 13.4. The SMILES string of the molecule is Cc1ccc(CCc2nc3ccc(C(=O)O)cc3[nH]2)cc1. The summed E-state index contributed by atoms with van der Waals surface area (Å²) in [6.07, 6.45) is 1.71. The number of fused-ring (bicyclic) bond motifs is 1. The third-order valence-corrected chi connectivity index (χ3v) is 3.55. The molecular formula is C17H16N2O2. The van der Waals surface area contributed by atoms with Crippen molar-refractivity contribution in [3.8, 4) is 0 Å². The zero-order chi connectivity index (χ0) is 14.8. The standard InChI is InChI=1S/C17H16N2O2/c1-11-2-4-12(5-3-11)6-9-16-18-14-8-7-13(17(20)21)10-15(14)19-16/h2-5,7-8,10H,6,9H2,1H3,(H,18,19)(H,20,21). The highest BCUT2D eigenvalue weighted by atomic mass is 16.4. The van der Waals surface area contributed by atoms with E-state index < -0.39 is 5.97 Å². The molecule has 0 atom stereocenters. The molecule has 3 aromatic rings. The number of nitrogens with one attached hydrogen (secondary N) is 1. The van der Waals surface area contributed by atoms with Crippen LogP contribution in [0.2, 0.25) is 0 Å². The molecular weight excluding hydrogens is 264 g/mol. The van der Waals surface area contributed by atoms with Crippen LogP contribution in [-0.2, 0) is 12.8 Å². The molecule has 0 saturated heterocycles. The molecule has 0 spiro atoms. The van der Waals surface area contributed by atoms with E-state index in [1.807, 2.05) is 0 Å². The van der Waals surface area contributed by atoms with Gasteiger partial charge in [-0.05, 0) is 37.1 Å². The highest BCUT2D eigenvalue weighted by Gasteiger charge is 2.07. The highest BCUT2D eigenvalue weighted by Crippen LogP contribution is 2.15. The summed E-state index contributed by atoms with van der Waals surface area (Å²) < 4.78 is 0. The number of carboxylic acids is 1. The number of carbonyl (C=O) groups is 1. The van der Waals surface area contributed by atoms with Crippen molar-refractivity contribution in [1.82, 2.24) is 9.97 Å². The summed E-state index contributed by atoms with van der Waals surface area (Å²) in [5, 5.41) is 8.99. The number of hydrogen-bond donors (Lipinski definition) is 2. The number of nitrogens with zero attached hydrogens (tertiary/aromatic N) is 1. The molecule has 2 N–H and O–H groups in total. The molecule has 4 heteroatoms. The summed E-state index contributed by atoms with van der Waals surface area (Å²) in [4.78, 5) is 18.7. The van der Waals surface area contributed by atoms with E-state index in [4.69, 9.17) is 5.11 Å². The van der Waals surface area contributed by atoms with Gasteiger partial charge in [-0.25, -0.2) is 9.78 Å². The van der Waals surface area contributed by atoms with Crippen molar-refractivity contribution >= 4 is 17.0 Å². The van der Waals surface area contributed by atoms with Gasteiger partial charge in [-0.3, -0.25) is 0 Å². The average molecular weight is 280 g/mol. The Morgan fingerprint density at radius 3 is 2.62 bits per heavy atom. The number of aromatic nitrogens is 2. The Kier molecular flexibility index (Phi) is 3.44. The van der Waals surface area contributed by atoms with Crippen LogP contribution in [0.4, 0.5) is 0 Å². The fraction of sp³-hybridized carbons (Fsp3) is 0.176. The summed E-state index contributed by atoms with van der Waals surface area (Å²) in [6.45, 7) is 2.07. The number of hydrogen-bond acceptors (Lipinski definition) is 2. The minimum atomic E-state index is -0.923. The van der Waals surface area contributed by atoms with E-state index in [0.717, 1.165) is 29.7 Å². The molecule has 3 rings (SSSR count). The molecule has 106 valence electrons. The van der Waals surface area contributed by atoms with Gasteiger partial charge in [0, 0.05) is 6.42 Å². The van der Waals surface area contributed by atoms with E-state index in [9.17, 15) is 4.79 Å². The topological polar surface area (TPSA) is 66.0 Å². The minimum absolute atomic E-state index is 0.274. The summed E-state index contributed by atoms with van der Waals surface area (Å²) in [7, 11) is 0. The smallest absolute Gasteiger partial charge is 0.335 e. The van der Waals surface area contributed by atoms with Gasteiger partial charge < -0.3 is 10.1 Å². The van der Waals surface area contributed by atoms with Crippen molar-refractivity contribution in [3.05, 3.63) is 65.0 Å². The molecule has 0 aliphatic rings. The van der Waals surface area contributed by atoms with Gasteiger partial charge >= 0.3 is 5.97 Å². The van der Waals surface area contributed by atoms with E-state index in [-0.39, 0.29) is 5.56 Å². The minimum Gasteiger partial charge on any atom is -0.478 e. The van der Waals surface area contributed by atoms with Gasteiger partial charge in [0.25, 0.3) is 0 Å². The van der Waals surface area contributed by atoms with Gasteiger partial charge in [0.1, 0.15) is 5.82 Å². The number of carboxylic acid groups (broad SMARTS) is 1. The van der Waals surface area contributed by atoms with Gasteiger partial charge in [-0.15, -0.1) is 0 Å². The Morgan fingerprint density at radius 2 is 1.90 bits per heavy atom. The lowest BCUT2D eigenvalue weighted by Crippen LogP contribution is -1.94. The lowest BCUT2D eigenvalue weighted by Gasteiger charge is -1.99. The lowest BCUT2D eigenvalue weighted by atomic mass is 10.1. The molecule has 0 unspecified atom stereocenters. The van der Waals surface area contributed by atoms with E-state index >= 15 is 0 Å². The Morgan fingerprint density at radius 1 is 1.14 bits per heavy atom. The first-order chi connectivity index (χ1) is 10.1. The first-order valence-electron chi connectivity index (χ1n) is 6.89. The van der Waals surface area contributed by atoms with Crippen LogP contribution in [0.15, 0.2) is 42.5 Å². The summed E-state index contributed by atoms with van der Waals surface area (Å²) in [5.74, 6) is -0.0409. The number of benzene rings is 2. The van der Waals surface area contributed by atoms with Gasteiger partial charge in [-0.2, -0.15) is 0 Å². The molecule has 0 amide bonds. The van der Waals surface area contributed by atoms with Crippen LogP contribution < -0.4 is 0 Å². The van der Waals surface area contributed by atoms with Crippen LogP contribution in [0.1, 0.15) is 27.3 Å². The molecule has 2 aromatic carbocycles. The monoisotopic (exact) mass is 280 g/mol. The number of aromatic amines is 1. The molecule has 0 saturated carbocycles. The fourth-order valence-electron chi connectivity index (χ4n) is 2.33. The predicted molar refractivity (Wildman–Crippen MR) is 81.6 cm³/mol. The second kappa shape index (κ2) is 5.40. The first-order valence-corrected chi connectivity index (χ1v) is 6.89. The number of H-pyrrole nitrogens is 1. The number of aromatic carboxylic acids is 1. The number of imidazole rings is 1. The van der Waals surface area contributed by atoms with Crippen molar-refractivity contribution in [2.45, 2.75) is 19.8 Å². The van der Waals surface area contributed by atoms with Crippen molar-refractivity contribution in [2.75, 3.05) is 0 Å². The number of rotatable bonds is 4. The number of aryl methyl sites for hydroxylation is 3. The van der Waals surface area contributed by atoms with Crippen molar-refractivity contribution in [1.29, 1.82) is 0 Å². The van der Waals surface area contributed by atoms with Crippen LogP contribution in [0.5, 0.6) is 0 Å². The molecule has 1 heterocycles. The molecule has 1 aromatic heterocycles. The molecule has 0 fully saturated rings. The summed E-state index contributed by atoms with van der Waals surface area (Å²) >= 11 is 0. The molecule has 0 aliphatic heterocycles. The van der Waals surface area contributed by atoms with Crippen LogP contribution in [0.25, 0.3) is 11.0 Å². The second-order valence-electron chi connectivity index (χ2n) is 5.21. The normalized spacial score (nSPS) is 10.9. The molecule has 4 nitrogen and oxygen atoms in total. The van der Waals surface area contributed by atoms with E-state index in [0.29, 0.717) is 0 Å². The van der Waals surface area contributed by atoms with Crippen LogP contribution in [0, 0.1) is 6.92 Å². The third-order valence-electron chi connectivity index (χ3n) is 3.55. The zero-order valence-electron chi connectivity index (χ0n) is 11.8. The second-order valence-corrected chi connectivity index (χ2v) is 5.21. The maximum Gasteiger partial charge on any atom is 0.335 e. The lowest BCUT2D eigenvalue weighted by molar-refractivity contribution is 0.0697. The molecule has 0 bridgehead atoms. The van der Waals surface area contributed by atoms with Crippen molar-refractivity contribution in [2.24, 2.45) is 0 Å². The van der Waals surface area contributed by atoms with Crippen molar-refractivity contribution in [3.63, 3.8) is 0 Å². The van der Waals surface area contributed by atoms with E-state index in [1.54, 1.807) is 18.2 Å². The van der Waals surface area contributed by atoms with E-state index in [1.165, 1.54) is 11.1 Å².